The van der Waals surface area contributed by atoms with Gasteiger partial charge in [0.25, 0.3) is 0 Å². The number of methoxy groups -OCH3 is 1. The molecule has 0 aromatic heterocycles. The fourth-order valence-corrected chi connectivity index (χ4v) is 0.129. The van der Waals surface area contributed by atoms with Crippen LogP contribution in [0.2, 0.25) is 0 Å². The Hall–Kier alpha value is -0.120. The van der Waals surface area contributed by atoms with Crippen molar-refractivity contribution in [1.29, 1.82) is 0 Å². The predicted octanol–water partition coefficient (Wildman–Crippen LogP) is -0.133. The molecule has 0 aliphatic heterocycles. The van der Waals surface area contributed by atoms with E-state index in [1.807, 2.05) is 0 Å². The van der Waals surface area contributed by atoms with E-state index in [-0.39, 0.29) is 6.61 Å². The summed E-state index contributed by atoms with van der Waals surface area (Å²) in [5.41, 5.74) is 0. The third-order valence-corrected chi connectivity index (χ3v) is 0.273. The average Bonchev–Trinajstić information content (AvgIpc) is 1.35. The van der Waals surface area contributed by atoms with Crippen molar-refractivity contribution in [1.82, 2.24) is 0 Å². The van der Waals surface area contributed by atoms with Gasteiger partial charge in [0.2, 0.25) is 6.29 Å². The molecule has 0 saturated heterocycles. The zero-order valence-corrected chi connectivity index (χ0v) is 3.51. The topological polar surface area (TPSA) is 49.7 Å². The van der Waals surface area contributed by atoms with Crippen molar-refractivity contribution in [3.63, 3.8) is 0 Å². The van der Waals surface area contributed by atoms with Crippen LogP contribution in [-0.2, 0) is 4.74 Å². The maximum atomic E-state index is 7.90. The second-order valence-electron chi connectivity index (χ2n) is 0.849. The highest BCUT2D eigenvalue weighted by Gasteiger charge is 1.92. The van der Waals surface area contributed by atoms with E-state index >= 15 is 0 Å². The lowest BCUT2D eigenvalue weighted by Gasteiger charge is -1.94. The van der Waals surface area contributed by atoms with Gasteiger partial charge in [-0.1, -0.05) is 0 Å². The van der Waals surface area contributed by atoms with E-state index in [4.69, 9.17) is 10.2 Å². The van der Waals surface area contributed by atoms with Gasteiger partial charge in [-0.3, -0.25) is 0 Å². The molecular formula is C3H7O3. The molecule has 0 atom stereocenters. The summed E-state index contributed by atoms with van der Waals surface area (Å²) in [6.45, 7) is -0.0972. The molecular weight excluding hydrogens is 84.0 g/mol. The second-order valence-corrected chi connectivity index (χ2v) is 0.849. The minimum atomic E-state index is -0.683. The van der Waals surface area contributed by atoms with Gasteiger partial charge in [-0.25, -0.2) is 0 Å². The summed E-state index contributed by atoms with van der Waals surface area (Å²) in [6, 6.07) is 0. The number of aliphatic hydroxyl groups excluding tert-OH is 1. The Bertz CT molecular complexity index is 27.2. The van der Waals surface area contributed by atoms with Crippen molar-refractivity contribution < 1.29 is 14.9 Å². The summed E-state index contributed by atoms with van der Waals surface area (Å²) in [7, 11) is 1.38. The van der Waals surface area contributed by atoms with Crippen LogP contribution in [0.4, 0.5) is 0 Å². The van der Waals surface area contributed by atoms with Gasteiger partial charge in [0, 0.05) is 7.11 Å². The van der Waals surface area contributed by atoms with Gasteiger partial charge >= 0.3 is 0 Å². The minimum absolute atomic E-state index is 0.0972. The van der Waals surface area contributed by atoms with Crippen LogP contribution in [0.25, 0.3) is 0 Å². The van der Waals surface area contributed by atoms with Gasteiger partial charge in [-0.05, 0) is 0 Å². The molecule has 0 aromatic rings. The lowest BCUT2D eigenvalue weighted by atomic mass is 10.7. The van der Waals surface area contributed by atoms with E-state index in [2.05, 4.69) is 4.74 Å². The maximum Gasteiger partial charge on any atom is 0.245 e. The Morgan fingerprint density at radius 2 is 2.17 bits per heavy atom. The lowest BCUT2D eigenvalue weighted by molar-refractivity contribution is 0.0154. The van der Waals surface area contributed by atoms with Crippen LogP contribution in [0.3, 0.4) is 0 Å². The van der Waals surface area contributed by atoms with E-state index < -0.39 is 6.29 Å². The monoisotopic (exact) mass is 91.0 g/mol. The number of hydrogen-bond donors (Lipinski definition) is 2. The van der Waals surface area contributed by atoms with Crippen molar-refractivity contribution in [2.45, 2.75) is 0 Å². The Morgan fingerprint density at radius 1 is 1.67 bits per heavy atom. The summed E-state index contributed by atoms with van der Waals surface area (Å²) < 4.78 is 4.27. The summed E-state index contributed by atoms with van der Waals surface area (Å²) in [4.78, 5) is 0. The summed E-state index contributed by atoms with van der Waals surface area (Å²) in [6.07, 6.45) is -0.683. The first-order valence-corrected chi connectivity index (χ1v) is 1.50. The van der Waals surface area contributed by atoms with E-state index in [1.54, 1.807) is 0 Å². The molecule has 2 N–H and O–H groups in total. The van der Waals surface area contributed by atoms with Crippen LogP contribution in [0.5, 0.6) is 0 Å². The standard InChI is InChI=1S/C3H7O3/c1-6-2-3(4)5/h4-5H,2H2,1H3. The minimum Gasteiger partial charge on any atom is -0.379 e. The Morgan fingerprint density at radius 3 is 2.17 bits per heavy atom. The van der Waals surface area contributed by atoms with Crippen LogP contribution >= 0.6 is 0 Å². The molecule has 6 heavy (non-hydrogen) atoms. The molecule has 0 saturated carbocycles. The van der Waals surface area contributed by atoms with Gasteiger partial charge in [0.15, 0.2) is 0 Å². The van der Waals surface area contributed by atoms with E-state index in [1.165, 1.54) is 7.11 Å². The molecule has 37 valence electrons. The molecule has 0 aliphatic carbocycles. The van der Waals surface area contributed by atoms with Gasteiger partial charge in [0.05, 0.1) is 0 Å². The molecule has 0 heterocycles. The fraction of sp³-hybridized carbons (Fsp3) is 0.667. The molecule has 0 aliphatic rings. The fourth-order valence-electron chi connectivity index (χ4n) is 0.129. The van der Waals surface area contributed by atoms with Crippen molar-refractivity contribution in [3.8, 4) is 0 Å². The summed E-state index contributed by atoms with van der Waals surface area (Å²) in [5, 5.41) is 15.8. The summed E-state index contributed by atoms with van der Waals surface area (Å²) >= 11 is 0. The largest absolute Gasteiger partial charge is 0.379 e. The van der Waals surface area contributed by atoms with E-state index in [0.717, 1.165) is 0 Å². The lowest BCUT2D eigenvalue weighted by Crippen LogP contribution is -2.01. The zero-order chi connectivity index (χ0) is 4.99. The Kier molecular flexibility index (Phi) is 3.02. The number of rotatable bonds is 2. The van der Waals surface area contributed by atoms with Gasteiger partial charge in [-0.15, -0.1) is 0 Å². The molecule has 3 nitrogen and oxygen atoms in total. The summed E-state index contributed by atoms with van der Waals surface area (Å²) in [5.74, 6) is 0. The molecule has 0 bridgehead atoms. The van der Waals surface area contributed by atoms with Crippen LogP contribution in [0.1, 0.15) is 0 Å². The molecule has 0 aromatic carbocycles. The predicted molar refractivity (Wildman–Crippen MR) is 19.0 cm³/mol. The molecule has 0 fully saturated rings. The maximum absolute atomic E-state index is 7.90. The van der Waals surface area contributed by atoms with Crippen molar-refractivity contribution in [3.05, 3.63) is 6.29 Å². The molecule has 3 heteroatoms. The van der Waals surface area contributed by atoms with Crippen molar-refractivity contribution in [2.75, 3.05) is 13.7 Å². The van der Waals surface area contributed by atoms with E-state index in [0.29, 0.717) is 0 Å². The van der Waals surface area contributed by atoms with Crippen LogP contribution in [0.15, 0.2) is 0 Å². The molecule has 0 spiro atoms. The molecule has 0 rings (SSSR count). The van der Waals surface area contributed by atoms with Crippen LogP contribution in [-0.4, -0.2) is 23.9 Å². The highest BCUT2D eigenvalue weighted by atomic mass is 16.5. The van der Waals surface area contributed by atoms with Gasteiger partial charge < -0.3 is 14.9 Å². The first kappa shape index (κ1) is 5.88. The molecule has 0 unspecified atom stereocenters. The van der Waals surface area contributed by atoms with Crippen LogP contribution < -0.4 is 0 Å². The zero-order valence-electron chi connectivity index (χ0n) is 3.51. The molecule has 0 amide bonds. The number of aliphatic hydroxyl groups is 2. The average molecular weight is 91.1 g/mol. The second kappa shape index (κ2) is 3.08. The SMILES string of the molecule is COC[C](O)O. The van der Waals surface area contributed by atoms with E-state index in [9.17, 15) is 0 Å². The number of hydrogen-bond acceptors (Lipinski definition) is 3. The molecule has 1 radical (unpaired) electrons. The third kappa shape index (κ3) is 3.88. The van der Waals surface area contributed by atoms with Crippen molar-refractivity contribution >= 4 is 0 Å². The van der Waals surface area contributed by atoms with Crippen LogP contribution in [0, 0.1) is 6.29 Å². The number of ether oxygens (including phenoxy) is 1. The third-order valence-electron chi connectivity index (χ3n) is 0.273. The normalized spacial score (nSPS) is 10.0. The first-order valence-electron chi connectivity index (χ1n) is 1.50. The first-order chi connectivity index (χ1) is 2.77. The highest BCUT2D eigenvalue weighted by molar-refractivity contribution is 4.50. The van der Waals surface area contributed by atoms with Gasteiger partial charge in [-0.2, -0.15) is 0 Å². The Labute approximate surface area is 36.2 Å². The Balaban J connectivity index is 2.63. The quantitative estimate of drug-likeness (QED) is 0.497. The smallest absolute Gasteiger partial charge is 0.245 e. The van der Waals surface area contributed by atoms with Gasteiger partial charge in [0.1, 0.15) is 6.61 Å². The van der Waals surface area contributed by atoms with Crippen molar-refractivity contribution in [2.24, 2.45) is 0 Å². The highest BCUT2D eigenvalue weighted by Crippen LogP contribution is 1.81.